The fourth-order valence-corrected chi connectivity index (χ4v) is 2.77. The Bertz CT molecular complexity index is 998. The summed E-state index contributed by atoms with van der Waals surface area (Å²) in [5.74, 6) is 0.393. The van der Waals surface area contributed by atoms with Gasteiger partial charge in [0.15, 0.2) is 5.82 Å². The van der Waals surface area contributed by atoms with Gasteiger partial charge in [0.2, 0.25) is 15.8 Å². The average molecular weight is 383 g/mol. The van der Waals surface area contributed by atoms with Crippen molar-refractivity contribution in [1.82, 2.24) is 24.6 Å². The van der Waals surface area contributed by atoms with Crippen LogP contribution in [0.3, 0.4) is 0 Å². The fourth-order valence-electron chi connectivity index (χ4n) is 1.90. The standard InChI is InChI=1S/C12H11BrN6O2S/c1-6-3-4-7(13)5-8(6)9-15-11-17-12(22(2,20)21)16-10(14)19(11)18-9/h3-5H,1-2H3,(H2,14,15,16,17,18). The van der Waals surface area contributed by atoms with Crippen molar-refractivity contribution in [3.05, 3.63) is 28.2 Å². The normalized spacial score (nSPS) is 12.0. The molecule has 114 valence electrons. The third kappa shape index (κ3) is 2.55. The summed E-state index contributed by atoms with van der Waals surface area (Å²) >= 11 is 3.40. The number of halogens is 1. The second-order valence-corrected chi connectivity index (χ2v) is 7.57. The van der Waals surface area contributed by atoms with Crippen molar-refractivity contribution in [3.63, 3.8) is 0 Å². The van der Waals surface area contributed by atoms with Gasteiger partial charge in [-0.05, 0) is 24.6 Å². The van der Waals surface area contributed by atoms with Gasteiger partial charge in [-0.3, -0.25) is 0 Å². The monoisotopic (exact) mass is 382 g/mol. The molecule has 0 saturated heterocycles. The van der Waals surface area contributed by atoms with Crippen LogP contribution in [0.2, 0.25) is 0 Å². The molecule has 22 heavy (non-hydrogen) atoms. The van der Waals surface area contributed by atoms with Crippen molar-refractivity contribution >= 4 is 37.5 Å². The molecule has 3 rings (SSSR count). The maximum absolute atomic E-state index is 11.6. The van der Waals surface area contributed by atoms with Gasteiger partial charge < -0.3 is 5.73 Å². The van der Waals surface area contributed by atoms with Crippen LogP contribution in [0, 0.1) is 6.92 Å². The minimum atomic E-state index is -3.58. The number of anilines is 1. The molecule has 0 amide bonds. The first-order valence-corrected chi connectivity index (χ1v) is 8.81. The van der Waals surface area contributed by atoms with Crippen LogP contribution in [0.5, 0.6) is 0 Å². The van der Waals surface area contributed by atoms with Gasteiger partial charge in [-0.15, -0.1) is 5.10 Å². The highest BCUT2D eigenvalue weighted by atomic mass is 79.9. The summed E-state index contributed by atoms with van der Waals surface area (Å²) in [6, 6.07) is 5.69. The first kappa shape index (κ1) is 14.9. The van der Waals surface area contributed by atoms with Gasteiger partial charge in [0.25, 0.3) is 10.9 Å². The summed E-state index contributed by atoms with van der Waals surface area (Å²) in [6.45, 7) is 1.92. The molecule has 0 bridgehead atoms. The molecule has 0 fully saturated rings. The molecular formula is C12H11BrN6O2S. The predicted molar refractivity (Wildman–Crippen MR) is 84.0 cm³/mol. The van der Waals surface area contributed by atoms with Crippen molar-refractivity contribution in [3.8, 4) is 11.4 Å². The van der Waals surface area contributed by atoms with Crippen molar-refractivity contribution < 1.29 is 8.42 Å². The van der Waals surface area contributed by atoms with Crippen molar-refractivity contribution in [2.45, 2.75) is 12.1 Å². The highest BCUT2D eigenvalue weighted by Crippen LogP contribution is 2.25. The molecule has 1 aromatic carbocycles. The van der Waals surface area contributed by atoms with Crippen LogP contribution in [0.1, 0.15) is 5.56 Å². The Morgan fingerprint density at radius 2 is 1.95 bits per heavy atom. The average Bonchev–Trinajstić information content (AvgIpc) is 2.85. The van der Waals surface area contributed by atoms with Crippen molar-refractivity contribution in [1.29, 1.82) is 0 Å². The molecule has 0 spiro atoms. The summed E-state index contributed by atoms with van der Waals surface area (Å²) in [5, 5.41) is 3.87. The number of sulfone groups is 1. The van der Waals surface area contributed by atoms with Gasteiger partial charge in [-0.2, -0.15) is 19.5 Å². The topological polar surface area (TPSA) is 116 Å². The summed E-state index contributed by atoms with van der Waals surface area (Å²) in [5.41, 5.74) is 7.51. The Hall–Kier alpha value is -2.07. The summed E-state index contributed by atoms with van der Waals surface area (Å²) in [6.07, 6.45) is 1.01. The van der Waals surface area contributed by atoms with Crippen LogP contribution in [0.4, 0.5) is 5.95 Å². The van der Waals surface area contributed by atoms with Crippen LogP contribution in [-0.2, 0) is 9.84 Å². The molecule has 8 nitrogen and oxygen atoms in total. The smallest absolute Gasteiger partial charge is 0.258 e. The Morgan fingerprint density at radius 3 is 2.64 bits per heavy atom. The lowest BCUT2D eigenvalue weighted by Gasteiger charge is -2.01. The van der Waals surface area contributed by atoms with E-state index in [1.54, 1.807) is 0 Å². The Balaban J connectivity index is 2.26. The maximum atomic E-state index is 11.6. The minimum absolute atomic E-state index is 0.0855. The van der Waals surface area contributed by atoms with Crippen LogP contribution in [0.15, 0.2) is 27.8 Å². The molecule has 0 unspecified atom stereocenters. The van der Waals surface area contributed by atoms with Crippen LogP contribution >= 0.6 is 15.9 Å². The van der Waals surface area contributed by atoms with Gasteiger partial charge in [0, 0.05) is 16.3 Å². The lowest BCUT2D eigenvalue weighted by Crippen LogP contribution is -2.11. The molecule has 3 aromatic rings. The van der Waals surface area contributed by atoms with Gasteiger partial charge in [-0.25, -0.2) is 8.42 Å². The van der Waals surface area contributed by atoms with E-state index in [2.05, 4.69) is 36.0 Å². The minimum Gasteiger partial charge on any atom is -0.368 e. The Kier molecular flexibility index (Phi) is 3.37. The number of benzene rings is 1. The zero-order valence-electron chi connectivity index (χ0n) is 11.6. The molecule has 0 aliphatic rings. The molecule has 2 N–H and O–H groups in total. The summed E-state index contributed by atoms with van der Waals surface area (Å²) in [4.78, 5) is 11.9. The van der Waals surface area contributed by atoms with E-state index in [-0.39, 0.29) is 16.9 Å². The van der Waals surface area contributed by atoms with Gasteiger partial charge in [0.05, 0.1) is 0 Å². The van der Waals surface area contributed by atoms with Crippen LogP contribution in [-0.4, -0.2) is 39.2 Å². The lowest BCUT2D eigenvalue weighted by molar-refractivity contribution is 0.592. The third-order valence-electron chi connectivity index (χ3n) is 2.99. The third-order valence-corrected chi connectivity index (χ3v) is 4.32. The highest BCUT2D eigenvalue weighted by Gasteiger charge is 2.18. The summed E-state index contributed by atoms with van der Waals surface area (Å²) < 4.78 is 25.2. The first-order chi connectivity index (χ1) is 10.3. The molecule has 0 atom stereocenters. The number of nitrogens with zero attached hydrogens (tertiary/aromatic N) is 5. The van der Waals surface area contributed by atoms with Gasteiger partial charge in [-0.1, -0.05) is 22.0 Å². The van der Waals surface area contributed by atoms with Gasteiger partial charge in [0.1, 0.15) is 0 Å². The van der Waals surface area contributed by atoms with Crippen molar-refractivity contribution in [2.75, 3.05) is 12.0 Å². The van der Waals surface area contributed by atoms with Gasteiger partial charge >= 0.3 is 0 Å². The van der Waals surface area contributed by atoms with E-state index < -0.39 is 9.84 Å². The second kappa shape index (κ2) is 4.99. The van der Waals surface area contributed by atoms with E-state index in [4.69, 9.17) is 5.73 Å². The zero-order chi connectivity index (χ0) is 16.1. The number of hydrogen-bond donors (Lipinski definition) is 1. The van der Waals surface area contributed by atoms with E-state index in [1.165, 1.54) is 4.52 Å². The first-order valence-electron chi connectivity index (χ1n) is 6.12. The fraction of sp³-hybridized carbons (Fsp3) is 0.167. The number of nitrogen functional groups attached to an aromatic ring is 1. The number of fused-ring (bicyclic) bond motifs is 1. The van der Waals surface area contributed by atoms with E-state index in [0.717, 1.165) is 21.9 Å². The quantitative estimate of drug-likeness (QED) is 0.708. The molecule has 0 saturated carbocycles. The summed E-state index contributed by atoms with van der Waals surface area (Å²) in [7, 11) is -3.58. The number of nitrogens with two attached hydrogens (primary N) is 1. The molecule has 2 aromatic heterocycles. The lowest BCUT2D eigenvalue weighted by atomic mass is 10.1. The van der Waals surface area contributed by atoms with Crippen LogP contribution < -0.4 is 5.73 Å². The molecule has 0 aliphatic carbocycles. The SMILES string of the molecule is Cc1ccc(Br)cc1-c1nc2nc(S(C)(=O)=O)nc(N)n2n1. The molecule has 0 aliphatic heterocycles. The number of rotatable bonds is 2. The Labute approximate surface area is 134 Å². The molecule has 2 heterocycles. The number of aryl methyl sites for hydroxylation is 1. The Morgan fingerprint density at radius 1 is 1.23 bits per heavy atom. The molecule has 10 heteroatoms. The van der Waals surface area contributed by atoms with Crippen LogP contribution in [0.25, 0.3) is 17.2 Å². The maximum Gasteiger partial charge on any atom is 0.258 e. The van der Waals surface area contributed by atoms with E-state index in [1.807, 2.05) is 25.1 Å². The second-order valence-electron chi connectivity index (χ2n) is 4.74. The molecule has 0 radical (unpaired) electrons. The highest BCUT2D eigenvalue weighted by molar-refractivity contribution is 9.10. The number of aromatic nitrogens is 5. The predicted octanol–water partition coefficient (Wildman–Crippen LogP) is 1.24. The van der Waals surface area contributed by atoms with E-state index in [0.29, 0.717) is 5.82 Å². The van der Waals surface area contributed by atoms with E-state index >= 15 is 0 Å². The zero-order valence-corrected chi connectivity index (χ0v) is 14.1. The largest absolute Gasteiger partial charge is 0.368 e. The van der Waals surface area contributed by atoms with Crippen molar-refractivity contribution in [2.24, 2.45) is 0 Å². The van der Waals surface area contributed by atoms with E-state index in [9.17, 15) is 8.42 Å². The number of hydrogen-bond acceptors (Lipinski definition) is 7. The molecular weight excluding hydrogens is 372 g/mol.